The number of benzene rings is 3. The molecule has 0 bridgehead atoms. The van der Waals surface area contributed by atoms with Crippen LogP contribution in [0.1, 0.15) is 42.5 Å². The van der Waals surface area contributed by atoms with Crippen LogP contribution in [0.25, 0.3) is 5.69 Å². The van der Waals surface area contributed by atoms with Gasteiger partial charge in [-0.15, -0.1) is 0 Å². The average Bonchev–Trinajstić information content (AvgIpc) is 3.58. The third kappa shape index (κ3) is 5.86. The predicted octanol–water partition coefficient (Wildman–Crippen LogP) is 7.35. The van der Waals surface area contributed by atoms with E-state index in [4.69, 9.17) is 26.2 Å². The number of carbonyl (C=O) groups excluding carboxylic acids is 1. The Balaban J connectivity index is 1.55. The van der Waals surface area contributed by atoms with Crippen LogP contribution in [-0.4, -0.2) is 27.7 Å². The van der Waals surface area contributed by atoms with Gasteiger partial charge in [0.2, 0.25) is 11.8 Å². The van der Waals surface area contributed by atoms with Gasteiger partial charge in [-0.3, -0.25) is 4.79 Å². The van der Waals surface area contributed by atoms with Crippen molar-refractivity contribution in [3.63, 3.8) is 0 Å². The first kappa shape index (κ1) is 25.9. The number of aromatic nitrogens is 2. The summed E-state index contributed by atoms with van der Waals surface area (Å²) in [6.07, 6.45) is 4.10. The first-order valence-corrected chi connectivity index (χ1v) is 13.4. The second-order valence-corrected chi connectivity index (χ2v) is 10.1. The van der Waals surface area contributed by atoms with Crippen molar-refractivity contribution in [3.05, 3.63) is 101 Å². The Labute approximate surface area is 228 Å². The predicted molar refractivity (Wildman–Crippen MR) is 149 cm³/mol. The minimum Gasteiger partial charge on any atom is -0.497 e. The van der Waals surface area contributed by atoms with E-state index in [1.54, 1.807) is 11.8 Å². The van der Waals surface area contributed by atoms with Crippen molar-refractivity contribution in [1.29, 1.82) is 0 Å². The highest BCUT2D eigenvalue weighted by atomic mass is 35.5. The van der Waals surface area contributed by atoms with Crippen LogP contribution in [0.15, 0.2) is 78.9 Å². The molecule has 5 rings (SSSR count). The van der Waals surface area contributed by atoms with E-state index in [0.717, 1.165) is 53.9 Å². The number of carbonyl (C=O) groups is 1. The summed E-state index contributed by atoms with van der Waals surface area (Å²) in [6.45, 7) is 2.88. The van der Waals surface area contributed by atoms with E-state index >= 15 is 0 Å². The van der Waals surface area contributed by atoms with Gasteiger partial charge in [0.15, 0.2) is 0 Å². The van der Waals surface area contributed by atoms with Crippen LogP contribution in [0.2, 0.25) is 5.02 Å². The fourth-order valence-electron chi connectivity index (χ4n) is 5.00. The van der Waals surface area contributed by atoms with Crippen molar-refractivity contribution in [1.82, 2.24) is 14.7 Å². The van der Waals surface area contributed by atoms with Crippen molar-refractivity contribution < 1.29 is 14.3 Å². The number of hydrogen-bond acceptors (Lipinski definition) is 4. The van der Waals surface area contributed by atoms with Crippen LogP contribution in [0.4, 0.5) is 0 Å². The molecule has 1 amide bonds. The molecule has 0 saturated heterocycles. The highest BCUT2D eigenvalue weighted by Crippen LogP contribution is 2.34. The molecule has 6 nitrogen and oxygen atoms in total. The van der Waals surface area contributed by atoms with E-state index in [-0.39, 0.29) is 11.8 Å². The molecule has 38 heavy (non-hydrogen) atoms. The van der Waals surface area contributed by atoms with Crippen molar-refractivity contribution >= 4 is 17.5 Å². The van der Waals surface area contributed by atoms with Gasteiger partial charge in [-0.1, -0.05) is 60.8 Å². The highest BCUT2D eigenvalue weighted by molar-refractivity contribution is 6.30. The van der Waals surface area contributed by atoms with Gasteiger partial charge in [0, 0.05) is 17.5 Å². The molecule has 0 spiro atoms. The lowest BCUT2D eigenvalue weighted by Gasteiger charge is -2.26. The maximum Gasteiger partial charge on any atom is 0.227 e. The zero-order chi connectivity index (χ0) is 26.5. The van der Waals surface area contributed by atoms with Crippen LogP contribution in [-0.2, 0) is 17.9 Å². The molecular weight excluding hydrogens is 498 g/mol. The van der Waals surface area contributed by atoms with E-state index in [0.29, 0.717) is 29.7 Å². The molecule has 1 aromatic heterocycles. The highest BCUT2D eigenvalue weighted by Gasteiger charge is 2.30. The fraction of sp³-hybridized carbons (Fsp3) is 0.290. The van der Waals surface area contributed by atoms with E-state index in [9.17, 15) is 4.79 Å². The molecule has 1 saturated carbocycles. The summed E-state index contributed by atoms with van der Waals surface area (Å²) in [6, 6.07) is 25.1. The number of aryl methyl sites for hydroxylation is 1. The third-order valence-corrected chi connectivity index (χ3v) is 7.28. The van der Waals surface area contributed by atoms with E-state index in [1.807, 2.05) is 78.6 Å². The monoisotopic (exact) mass is 529 g/mol. The first-order valence-electron chi connectivity index (χ1n) is 13.0. The number of methoxy groups -OCH3 is 1. The summed E-state index contributed by atoms with van der Waals surface area (Å²) in [4.78, 5) is 15.7. The first-order chi connectivity index (χ1) is 18.5. The van der Waals surface area contributed by atoms with Crippen molar-refractivity contribution in [3.8, 4) is 23.1 Å². The topological polar surface area (TPSA) is 56.6 Å². The molecule has 7 heteroatoms. The standard InChI is InChI=1S/C31H32ClN3O3/c1-22-29(21-34(20-23-9-4-3-5-10-23)30(36)24-11-6-7-12-24)31(38-28-17-15-27(37-2)16-18-28)35(33-22)26-14-8-13-25(32)19-26/h3-5,8-10,13-19,24H,6-7,11-12,20-21H2,1-2H3. The number of hydrogen-bond donors (Lipinski definition) is 0. The summed E-state index contributed by atoms with van der Waals surface area (Å²) in [5, 5.41) is 5.45. The minimum atomic E-state index is 0.0629. The van der Waals surface area contributed by atoms with Gasteiger partial charge in [0.05, 0.1) is 30.6 Å². The van der Waals surface area contributed by atoms with Crippen LogP contribution in [0.3, 0.4) is 0 Å². The Morgan fingerprint density at radius 2 is 1.68 bits per heavy atom. The summed E-state index contributed by atoms with van der Waals surface area (Å²) in [5.41, 5.74) is 3.54. The van der Waals surface area contributed by atoms with Gasteiger partial charge in [-0.05, 0) is 67.8 Å². The van der Waals surface area contributed by atoms with E-state index in [1.165, 1.54) is 0 Å². The fourth-order valence-corrected chi connectivity index (χ4v) is 5.19. The molecule has 0 radical (unpaired) electrons. The molecule has 1 heterocycles. The second-order valence-electron chi connectivity index (χ2n) is 9.70. The zero-order valence-corrected chi connectivity index (χ0v) is 22.5. The van der Waals surface area contributed by atoms with Gasteiger partial charge in [-0.2, -0.15) is 5.10 Å². The van der Waals surface area contributed by atoms with Crippen LogP contribution < -0.4 is 9.47 Å². The van der Waals surface area contributed by atoms with Gasteiger partial charge in [-0.25, -0.2) is 4.68 Å². The lowest BCUT2D eigenvalue weighted by atomic mass is 10.0. The van der Waals surface area contributed by atoms with E-state index < -0.39 is 0 Å². The van der Waals surface area contributed by atoms with Gasteiger partial charge in [0.25, 0.3) is 0 Å². The number of nitrogens with zero attached hydrogens (tertiary/aromatic N) is 3. The zero-order valence-electron chi connectivity index (χ0n) is 21.8. The quantitative estimate of drug-likeness (QED) is 0.227. The third-order valence-electron chi connectivity index (χ3n) is 7.05. The molecular formula is C31H32ClN3O3. The summed E-state index contributed by atoms with van der Waals surface area (Å²) in [5.74, 6) is 2.21. The maximum atomic E-state index is 13.8. The lowest BCUT2D eigenvalue weighted by molar-refractivity contribution is -0.136. The Hall–Kier alpha value is -3.77. The number of amides is 1. The Bertz CT molecular complexity index is 1380. The van der Waals surface area contributed by atoms with Crippen molar-refractivity contribution in [2.45, 2.75) is 45.7 Å². The molecule has 1 aliphatic rings. The Morgan fingerprint density at radius 1 is 0.974 bits per heavy atom. The lowest BCUT2D eigenvalue weighted by Crippen LogP contribution is -2.34. The van der Waals surface area contributed by atoms with Crippen molar-refractivity contribution in [2.75, 3.05) is 7.11 Å². The Morgan fingerprint density at radius 3 is 2.37 bits per heavy atom. The average molecular weight is 530 g/mol. The number of rotatable bonds is 9. The van der Waals surface area contributed by atoms with Crippen LogP contribution in [0.5, 0.6) is 17.4 Å². The van der Waals surface area contributed by atoms with E-state index in [2.05, 4.69) is 12.1 Å². The molecule has 0 aliphatic heterocycles. The molecule has 196 valence electrons. The number of ether oxygens (including phenoxy) is 2. The van der Waals surface area contributed by atoms with Crippen LogP contribution >= 0.6 is 11.6 Å². The molecule has 0 unspecified atom stereocenters. The van der Waals surface area contributed by atoms with Gasteiger partial charge in [0.1, 0.15) is 11.5 Å². The van der Waals surface area contributed by atoms with Crippen LogP contribution in [0, 0.1) is 12.8 Å². The molecule has 1 aliphatic carbocycles. The molecule has 1 fully saturated rings. The second kappa shape index (κ2) is 11.7. The SMILES string of the molecule is COc1ccc(Oc2c(CN(Cc3ccccc3)C(=O)C3CCCC3)c(C)nn2-c2cccc(Cl)c2)cc1. The molecule has 3 aromatic carbocycles. The van der Waals surface area contributed by atoms with Gasteiger partial charge >= 0.3 is 0 Å². The number of halogens is 1. The summed E-state index contributed by atoms with van der Waals surface area (Å²) < 4.78 is 13.5. The molecule has 0 atom stereocenters. The maximum absolute atomic E-state index is 13.8. The smallest absolute Gasteiger partial charge is 0.227 e. The molecule has 0 N–H and O–H groups in total. The Kier molecular flexibility index (Phi) is 7.99. The summed E-state index contributed by atoms with van der Waals surface area (Å²) in [7, 11) is 1.63. The van der Waals surface area contributed by atoms with Gasteiger partial charge < -0.3 is 14.4 Å². The molecule has 4 aromatic rings. The minimum absolute atomic E-state index is 0.0629. The largest absolute Gasteiger partial charge is 0.497 e. The normalized spacial score (nSPS) is 13.4. The summed E-state index contributed by atoms with van der Waals surface area (Å²) >= 11 is 6.33. The van der Waals surface area contributed by atoms with Crippen molar-refractivity contribution in [2.24, 2.45) is 5.92 Å².